The Morgan fingerprint density at radius 3 is 2.58 bits per heavy atom. The van der Waals surface area contributed by atoms with Crippen LogP contribution in [-0.4, -0.2) is 21.1 Å². The normalized spacial score (nSPS) is 10.7. The van der Waals surface area contributed by atoms with Gasteiger partial charge in [0.1, 0.15) is 12.3 Å². The summed E-state index contributed by atoms with van der Waals surface area (Å²) in [5.41, 5.74) is 3.10. The average molecular weight is 322 g/mol. The summed E-state index contributed by atoms with van der Waals surface area (Å²) in [5, 5.41) is 0. The van der Waals surface area contributed by atoms with E-state index in [0.29, 0.717) is 5.56 Å². The van der Waals surface area contributed by atoms with E-state index >= 15 is 0 Å². The van der Waals surface area contributed by atoms with Crippen LogP contribution in [0.3, 0.4) is 0 Å². The third-order valence-electron chi connectivity index (χ3n) is 3.85. The third-order valence-corrected chi connectivity index (χ3v) is 3.85. The Kier molecular flexibility index (Phi) is 4.70. The number of carbonyl (C=O) groups excluding carboxylic acids is 2. The van der Waals surface area contributed by atoms with Crippen molar-refractivity contribution in [1.29, 1.82) is 0 Å². The van der Waals surface area contributed by atoms with Crippen molar-refractivity contribution < 1.29 is 14.3 Å². The number of fused-ring (bicyclic) bond motifs is 1. The van der Waals surface area contributed by atoms with Gasteiger partial charge in [0.15, 0.2) is 5.78 Å². The summed E-state index contributed by atoms with van der Waals surface area (Å²) >= 11 is 0. The van der Waals surface area contributed by atoms with Crippen molar-refractivity contribution in [2.45, 2.75) is 26.4 Å². The van der Waals surface area contributed by atoms with Crippen molar-refractivity contribution in [3.63, 3.8) is 0 Å². The Balaban J connectivity index is 1.56. The van der Waals surface area contributed by atoms with E-state index in [1.54, 1.807) is 24.3 Å². The molecule has 0 radical (unpaired) electrons. The van der Waals surface area contributed by atoms with Crippen molar-refractivity contribution in [3.8, 4) is 0 Å². The van der Waals surface area contributed by atoms with Gasteiger partial charge in [0.2, 0.25) is 0 Å². The van der Waals surface area contributed by atoms with Crippen LogP contribution >= 0.6 is 0 Å². The van der Waals surface area contributed by atoms with Gasteiger partial charge in [0, 0.05) is 18.2 Å². The molecule has 2 heterocycles. The molecule has 122 valence electrons. The lowest BCUT2D eigenvalue weighted by Gasteiger charge is -2.06. The fourth-order valence-corrected chi connectivity index (χ4v) is 2.54. The highest BCUT2D eigenvalue weighted by Crippen LogP contribution is 2.13. The van der Waals surface area contributed by atoms with Crippen molar-refractivity contribution in [2.75, 3.05) is 0 Å². The largest absolute Gasteiger partial charge is 0.459 e. The van der Waals surface area contributed by atoms with Gasteiger partial charge >= 0.3 is 5.97 Å². The number of carbonyl (C=O) groups is 2. The molecule has 1 aromatic carbocycles. The molecule has 0 saturated carbocycles. The zero-order valence-corrected chi connectivity index (χ0v) is 13.4. The van der Waals surface area contributed by atoms with Crippen LogP contribution in [0.4, 0.5) is 0 Å². The van der Waals surface area contributed by atoms with E-state index in [2.05, 4.69) is 4.98 Å². The first-order valence-electron chi connectivity index (χ1n) is 7.81. The van der Waals surface area contributed by atoms with E-state index in [-0.39, 0.29) is 31.2 Å². The number of pyridine rings is 1. The zero-order chi connectivity index (χ0) is 16.9. The molecule has 24 heavy (non-hydrogen) atoms. The van der Waals surface area contributed by atoms with E-state index in [0.717, 1.165) is 17.0 Å². The number of ether oxygens (including phenoxy) is 1. The number of imidazole rings is 1. The van der Waals surface area contributed by atoms with Gasteiger partial charge in [-0.1, -0.05) is 36.4 Å². The molecule has 3 aromatic rings. The monoisotopic (exact) mass is 322 g/mol. The van der Waals surface area contributed by atoms with E-state index < -0.39 is 0 Å². The Morgan fingerprint density at radius 1 is 1.04 bits per heavy atom. The number of rotatable bonds is 6. The summed E-state index contributed by atoms with van der Waals surface area (Å²) < 4.78 is 7.21. The average Bonchev–Trinajstić information content (AvgIpc) is 2.93. The second kappa shape index (κ2) is 7.08. The molecule has 0 amide bonds. The minimum absolute atomic E-state index is 0.0569. The van der Waals surface area contributed by atoms with Gasteiger partial charge < -0.3 is 9.14 Å². The molecule has 0 bridgehead atoms. The SMILES string of the molecule is Cc1nc2ccccn2c1COC(=O)CCC(=O)c1ccccc1. The number of hydrogen-bond acceptors (Lipinski definition) is 4. The molecular weight excluding hydrogens is 304 g/mol. The van der Waals surface area contributed by atoms with E-state index in [4.69, 9.17) is 4.74 Å². The Hall–Kier alpha value is -2.95. The summed E-state index contributed by atoms with van der Waals surface area (Å²) in [7, 11) is 0. The summed E-state index contributed by atoms with van der Waals surface area (Å²) in [6.45, 7) is 2.03. The van der Waals surface area contributed by atoms with Crippen LogP contribution in [0.1, 0.15) is 34.6 Å². The molecule has 2 aromatic heterocycles. The minimum Gasteiger partial charge on any atom is -0.459 e. The first-order chi connectivity index (χ1) is 11.6. The van der Waals surface area contributed by atoms with Gasteiger partial charge in [0.25, 0.3) is 0 Å². The molecule has 0 aliphatic carbocycles. The minimum atomic E-state index is -0.385. The van der Waals surface area contributed by atoms with Crippen LogP contribution in [0.25, 0.3) is 5.65 Å². The van der Waals surface area contributed by atoms with Gasteiger partial charge in [-0.3, -0.25) is 9.59 Å². The molecule has 5 heteroatoms. The van der Waals surface area contributed by atoms with Crippen LogP contribution < -0.4 is 0 Å². The predicted octanol–water partition coefficient (Wildman–Crippen LogP) is 3.35. The molecule has 0 aliphatic heterocycles. The van der Waals surface area contributed by atoms with E-state index in [9.17, 15) is 9.59 Å². The van der Waals surface area contributed by atoms with Gasteiger partial charge in [0.05, 0.1) is 17.8 Å². The number of benzene rings is 1. The highest BCUT2D eigenvalue weighted by molar-refractivity contribution is 5.97. The highest BCUT2D eigenvalue weighted by atomic mass is 16.5. The molecule has 5 nitrogen and oxygen atoms in total. The molecule has 0 spiro atoms. The van der Waals surface area contributed by atoms with Crippen LogP contribution in [0.15, 0.2) is 54.7 Å². The number of aryl methyl sites for hydroxylation is 1. The van der Waals surface area contributed by atoms with E-state index in [1.807, 2.05) is 41.8 Å². The summed E-state index contributed by atoms with van der Waals surface area (Å²) in [4.78, 5) is 28.3. The lowest BCUT2D eigenvalue weighted by molar-refractivity contribution is -0.145. The smallest absolute Gasteiger partial charge is 0.306 e. The second-order valence-electron chi connectivity index (χ2n) is 5.52. The summed E-state index contributed by atoms with van der Waals surface area (Å²) in [6.07, 6.45) is 2.11. The number of hydrogen-bond donors (Lipinski definition) is 0. The molecule has 0 saturated heterocycles. The molecule has 0 atom stereocenters. The maximum Gasteiger partial charge on any atom is 0.306 e. The molecule has 0 aliphatic rings. The number of esters is 1. The van der Waals surface area contributed by atoms with Crippen molar-refractivity contribution in [3.05, 3.63) is 71.7 Å². The standard InChI is InChI=1S/C19H18N2O3/c1-14-16(21-12-6-5-9-18(21)20-14)13-24-19(23)11-10-17(22)15-7-3-2-4-8-15/h2-9,12H,10-11,13H2,1H3. The second-order valence-corrected chi connectivity index (χ2v) is 5.52. The summed E-state index contributed by atoms with van der Waals surface area (Å²) in [6, 6.07) is 14.7. The molecule has 0 fully saturated rings. The fourth-order valence-electron chi connectivity index (χ4n) is 2.54. The Labute approximate surface area is 139 Å². The van der Waals surface area contributed by atoms with Crippen molar-refractivity contribution >= 4 is 17.4 Å². The quantitative estimate of drug-likeness (QED) is 0.516. The lowest BCUT2D eigenvalue weighted by Crippen LogP contribution is -2.09. The molecule has 3 rings (SSSR count). The zero-order valence-electron chi connectivity index (χ0n) is 13.4. The van der Waals surface area contributed by atoms with Crippen LogP contribution in [0.2, 0.25) is 0 Å². The van der Waals surface area contributed by atoms with Crippen molar-refractivity contribution in [1.82, 2.24) is 9.38 Å². The predicted molar refractivity (Wildman–Crippen MR) is 89.7 cm³/mol. The first-order valence-corrected chi connectivity index (χ1v) is 7.81. The van der Waals surface area contributed by atoms with Gasteiger partial charge in [-0.2, -0.15) is 0 Å². The van der Waals surface area contributed by atoms with Gasteiger partial charge in [-0.05, 0) is 19.1 Å². The molecule has 0 unspecified atom stereocenters. The lowest BCUT2D eigenvalue weighted by atomic mass is 10.1. The third kappa shape index (κ3) is 3.51. The fraction of sp³-hybridized carbons (Fsp3) is 0.211. The number of ketones is 1. The maximum atomic E-state index is 12.0. The Bertz CT molecular complexity index is 869. The number of Topliss-reactive ketones (excluding diaryl/α,β-unsaturated/α-hetero) is 1. The van der Waals surface area contributed by atoms with Crippen LogP contribution in [-0.2, 0) is 16.1 Å². The number of aromatic nitrogens is 2. The summed E-state index contributed by atoms with van der Waals surface area (Å²) in [5.74, 6) is -0.442. The van der Waals surface area contributed by atoms with Crippen molar-refractivity contribution in [2.24, 2.45) is 0 Å². The maximum absolute atomic E-state index is 12.0. The molecular formula is C19H18N2O3. The Morgan fingerprint density at radius 2 is 1.79 bits per heavy atom. The van der Waals surface area contributed by atoms with Crippen LogP contribution in [0, 0.1) is 6.92 Å². The molecule has 0 N–H and O–H groups in total. The van der Waals surface area contributed by atoms with E-state index in [1.165, 1.54) is 0 Å². The highest BCUT2D eigenvalue weighted by Gasteiger charge is 2.13. The van der Waals surface area contributed by atoms with Gasteiger partial charge in [-0.15, -0.1) is 0 Å². The number of nitrogens with zero attached hydrogens (tertiary/aromatic N) is 2. The van der Waals surface area contributed by atoms with Gasteiger partial charge in [-0.25, -0.2) is 4.98 Å². The topological polar surface area (TPSA) is 60.7 Å². The first kappa shape index (κ1) is 15.9. The van der Waals surface area contributed by atoms with Crippen LogP contribution in [0.5, 0.6) is 0 Å².